The lowest BCUT2D eigenvalue weighted by Gasteiger charge is -2.28. The zero-order valence-electron chi connectivity index (χ0n) is 13.6. The van der Waals surface area contributed by atoms with Crippen molar-refractivity contribution in [2.45, 2.75) is 33.7 Å². The maximum Gasteiger partial charge on any atom is 0.251 e. The van der Waals surface area contributed by atoms with Crippen molar-refractivity contribution >= 4 is 5.91 Å². The van der Waals surface area contributed by atoms with Gasteiger partial charge in [0, 0.05) is 11.6 Å². The summed E-state index contributed by atoms with van der Waals surface area (Å²) in [7, 11) is 1.37. The fraction of sp³-hybridized carbons (Fsp3) is 0.471. The van der Waals surface area contributed by atoms with E-state index in [1.165, 1.54) is 13.2 Å². The van der Waals surface area contributed by atoms with Gasteiger partial charge in [-0.1, -0.05) is 26.7 Å². The first-order chi connectivity index (χ1) is 10.2. The van der Waals surface area contributed by atoms with Gasteiger partial charge in [0.05, 0.1) is 7.11 Å². The Morgan fingerprint density at radius 1 is 1.45 bits per heavy atom. The Morgan fingerprint density at radius 3 is 2.59 bits per heavy atom. The topological polar surface area (TPSA) is 47.6 Å². The molecule has 1 N–H and O–H groups in total. The van der Waals surface area contributed by atoms with E-state index in [1.807, 2.05) is 27.7 Å². The van der Waals surface area contributed by atoms with E-state index in [-0.39, 0.29) is 41.0 Å². The van der Waals surface area contributed by atoms with E-state index in [0.717, 1.165) is 6.07 Å². The van der Waals surface area contributed by atoms with Crippen molar-refractivity contribution in [2.75, 3.05) is 13.7 Å². The minimum Gasteiger partial charge on any atom is -0.493 e. The van der Waals surface area contributed by atoms with Crippen LogP contribution in [0, 0.1) is 23.6 Å². The van der Waals surface area contributed by atoms with Crippen LogP contribution in [0.25, 0.3) is 0 Å². The Balaban J connectivity index is 3.04. The van der Waals surface area contributed by atoms with E-state index in [9.17, 15) is 9.18 Å². The number of terminal acetylenes is 1. The Labute approximate surface area is 131 Å². The van der Waals surface area contributed by atoms with Gasteiger partial charge in [-0.15, -0.1) is 6.42 Å². The minimum atomic E-state index is -0.692. The predicted molar refractivity (Wildman–Crippen MR) is 83.7 cm³/mol. The number of ether oxygens (including phenoxy) is 2. The number of carbonyl (C=O) groups excluding carboxylic acids is 1. The molecule has 0 aromatic heterocycles. The van der Waals surface area contributed by atoms with Gasteiger partial charge in [0.25, 0.3) is 5.91 Å². The summed E-state index contributed by atoms with van der Waals surface area (Å²) in [6, 6.07) is 2.46. The van der Waals surface area contributed by atoms with Crippen LogP contribution in [-0.4, -0.2) is 25.7 Å². The quantitative estimate of drug-likeness (QED) is 0.851. The molecule has 0 radical (unpaired) electrons. The monoisotopic (exact) mass is 307 g/mol. The first-order valence-electron chi connectivity index (χ1n) is 6.95. The molecule has 0 aliphatic rings. The molecule has 0 saturated heterocycles. The van der Waals surface area contributed by atoms with Crippen molar-refractivity contribution in [2.24, 2.45) is 5.41 Å². The summed E-state index contributed by atoms with van der Waals surface area (Å²) in [5.41, 5.74) is 0.0622. The first kappa shape index (κ1) is 17.8. The third-order valence-corrected chi connectivity index (χ3v) is 3.44. The standard InChI is InChI=1S/C17H22FNO3/c1-7-8-22-15-13(18)9-12(10-14(15)21-6)16(20)19-11(2)17(3,4)5/h1,9-11H,8H2,2-6H3,(H,19,20)/t11-/m0/s1. The highest BCUT2D eigenvalue weighted by molar-refractivity contribution is 5.95. The molecule has 0 bridgehead atoms. The summed E-state index contributed by atoms with van der Waals surface area (Å²) >= 11 is 0. The second kappa shape index (κ2) is 7.17. The van der Waals surface area contributed by atoms with Crippen molar-refractivity contribution in [3.05, 3.63) is 23.5 Å². The number of carbonyl (C=O) groups is 1. The van der Waals surface area contributed by atoms with Crippen LogP contribution in [0.15, 0.2) is 12.1 Å². The van der Waals surface area contributed by atoms with Crippen LogP contribution in [0.5, 0.6) is 11.5 Å². The highest BCUT2D eigenvalue weighted by atomic mass is 19.1. The van der Waals surface area contributed by atoms with Gasteiger partial charge in [0.1, 0.15) is 6.61 Å². The fourth-order valence-corrected chi connectivity index (χ4v) is 1.60. The van der Waals surface area contributed by atoms with E-state index >= 15 is 0 Å². The van der Waals surface area contributed by atoms with E-state index < -0.39 is 5.82 Å². The van der Waals surface area contributed by atoms with Gasteiger partial charge in [-0.05, 0) is 24.5 Å². The summed E-state index contributed by atoms with van der Waals surface area (Å²) in [5, 5.41) is 2.84. The van der Waals surface area contributed by atoms with Gasteiger partial charge in [-0.2, -0.15) is 0 Å². The van der Waals surface area contributed by atoms with Crippen molar-refractivity contribution in [1.29, 1.82) is 0 Å². The molecule has 0 spiro atoms. The average Bonchev–Trinajstić information content (AvgIpc) is 2.44. The summed E-state index contributed by atoms with van der Waals surface area (Å²) in [6.07, 6.45) is 5.09. The number of amides is 1. The molecular formula is C17H22FNO3. The van der Waals surface area contributed by atoms with E-state index in [2.05, 4.69) is 11.2 Å². The van der Waals surface area contributed by atoms with Crippen LogP contribution < -0.4 is 14.8 Å². The Kier molecular flexibility index (Phi) is 5.81. The van der Waals surface area contributed by atoms with Gasteiger partial charge in [-0.3, -0.25) is 4.79 Å². The van der Waals surface area contributed by atoms with Crippen molar-refractivity contribution < 1.29 is 18.7 Å². The molecule has 0 saturated carbocycles. The van der Waals surface area contributed by atoms with Crippen LogP contribution in [0.3, 0.4) is 0 Å². The van der Waals surface area contributed by atoms with Gasteiger partial charge in [0.15, 0.2) is 17.3 Å². The Hall–Kier alpha value is -2.22. The van der Waals surface area contributed by atoms with Crippen molar-refractivity contribution in [3.63, 3.8) is 0 Å². The number of nitrogens with one attached hydrogen (secondary N) is 1. The number of hydrogen-bond donors (Lipinski definition) is 1. The lowest BCUT2D eigenvalue weighted by molar-refractivity contribution is 0.0909. The number of methoxy groups -OCH3 is 1. The van der Waals surface area contributed by atoms with Crippen LogP contribution in [-0.2, 0) is 0 Å². The van der Waals surface area contributed by atoms with Crippen molar-refractivity contribution in [1.82, 2.24) is 5.32 Å². The van der Waals surface area contributed by atoms with E-state index in [0.29, 0.717) is 0 Å². The number of halogens is 1. The normalized spacial score (nSPS) is 12.2. The van der Waals surface area contributed by atoms with Crippen LogP contribution in [0.2, 0.25) is 0 Å². The molecule has 0 fully saturated rings. The molecule has 0 aliphatic heterocycles. The van der Waals surface area contributed by atoms with Crippen LogP contribution >= 0.6 is 0 Å². The van der Waals surface area contributed by atoms with Crippen LogP contribution in [0.1, 0.15) is 38.1 Å². The van der Waals surface area contributed by atoms with Gasteiger partial charge in [0.2, 0.25) is 0 Å². The molecule has 1 aromatic carbocycles. The molecule has 1 atom stereocenters. The number of hydrogen-bond acceptors (Lipinski definition) is 3. The maximum absolute atomic E-state index is 14.1. The maximum atomic E-state index is 14.1. The molecule has 0 aliphatic carbocycles. The lowest BCUT2D eigenvalue weighted by atomic mass is 9.88. The number of rotatable bonds is 5. The predicted octanol–water partition coefficient (Wildman–Crippen LogP) is 3.01. The Bertz CT molecular complexity index is 585. The zero-order valence-corrected chi connectivity index (χ0v) is 13.6. The van der Waals surface area contributed by atoms with E-state index in [1.54, 1.807) is 0 Å². The van der Waals surface area contributed by atoms with Crippen LogP contribution in [0.4, 0.5) is 4.39 Å². The molecule has 1 rings (SSSR count). The zero-order chi connectivity index (χ0) is 16.9. The highest BCUT2D eigenvalue weighted by Crippen LogP contribution is 2.32. The molecule has 1 aromatic rings. The third-order valence-electron chi connectivity index (χ3n) is 3.44. The molecule has 1 amide bonds. The van der Waals surface area contributed by atoms with Gasteiger partial charge < -0.3 is 14.8 Å². The SMILES string of the molecule is C#CCOc1c(F)cc(C(=O)N[C@@H](C)C(C)(C)C)cc1OC. The smallest absolute Gasteiger partial charge is 0.251 e. The second-order valence-electron chi connectivity index (χ2n) is 6.04. The molecule has 4 nitrogen and oxygen atoms in total. The number of benzene rings is 1. The molecule has 120 valence electrons. The lowest BCUT2D eigenvalue weighted by Crippen LogP contribution is -2.41. The minimum absolute atomic E-state index is 0.0774. The fourth-order valence-electron chi connectivity index (χ4n) is 1.60. The summed E-state index contributed by atoms with van der Waals surface area (Å²) in [4.78, 5) is 12.2. The van der Waals surface area contributed by atoms with Gasteiger partial charge >= 0.3 is 0 Å². The summed E-state index contributed by atoms with van der Waals surface area (Å²) in [6.45, 7) is 7.84. The molecule has 5 heteroatoms. The Morgan fingerprint density at radius 2 is 2.09 bits per heavy atom. The first-order valence-corrected chi connectivity index (χ1v) is 6.95. The average molecular weight is 307 g/mol. The van der Waals surface area contributed by atoms with Crippen molar-refractivity contribution in [3.8, 4) is 23.8 Å². The summed E-state index contributed by atoms with van der Waals surface area (Å²) < 4.78 is 24.3. The molecule has 0 unspecified atom stereocenters. The molecule has 22 heavy (non-hydrogen) atoms. The second-order valence-corrected chi connectivity index (χ2v) is 6.04. The summed E-state index contributed by atoms with van der Waals surface area (Å²) in [5.74, 6) is 1.22. The third kappa shape index (κ3) is 4.39. The van der Waals surface area contributed by atoms with E-state index in [4.69, 9.17) is 15.9 Å². The largest absolute Gasteiger partial charge is 0.493 e. The van der Waals surface area contributed by atoms with Gasteiger partial charge in [-0.25, -0.2) is 4.39 Å². The molecular weight excluding hydrogens is 285 g/mol. The molecule has 0 heterocycles. The highest BCUT2D eigenvalue weighted by Gasteiger charge is 2.23.